The zero-order valence-corrected chi connectivity index (χ0v) is 18.1. The van der Waals surface area contributed by atoms with Crippen LogP contribution in [-0.4, -0.2) is 43.0 Å². The molecule has 1 amide bonds. The van der Waals surface area contributed by atoms with Crippen LogP contribution in [0.2, 0.25) is 5.02 Å². The maximum atomic E-state index is 13.1. The lowest BCUT2D eigenvalue weighted by atomic mass is 10.1. The molecule has 0 saturated heterocycles. The van der Waals surface area contributed by atoms with E-state index >= 15 is 0 Å². The smallest absolute Gasteiger partial charge is 0.233 e. The van der Waals surface area contributed by atoms with Crippen molar-refractivity contribution in [1.82, 2.24) is 9.88 Å². The van der Waals surface area contributed by atoms with Crippen molar-refractivity contribution >= 4 is 56.6 Å². The van der Waals surface area contributed by atoms with Gasteiger partial charge in [-0.1, -0.05) is 35.1 Å². The molecule has 1 heterocycles. The monoisotopic (exact) mass is 441 g/mol. The van der Waals surface area contributed by atoms with E-state index in [4.69, 9.17) is 11.6 Å². The molecule has 0 atom stereocenters. The predicted octanol–water partition coefficient (Wildman–Crippen LogP) is 5.04. The highest BCUT2D eigenvalue weighted by atomic mass is 35.5. The van der Waals surface area contributed by atoms with Crippen LogP contribution in [0.1, 0.15) is 12.0 Å². The molecule has 0 saturated carbocycles. The summed E-state index contributed by atoms with van der Waals surface area (Å²) in [5.74, 6) is -0.359. The molecule has 0 fully saturated rings. The van der Waals surface area contributed by atoms with Crippen LogP contribution >= 0.6 is 35.3 Å². The molecule has 2 aromatic carbocycles. The van der Waals surface area contributed by atoms with Crippen molar-refractivity contribution in [2.45, 2.75) is 12.8 Å². The summed E-state index contributed by atoms with van der Waals surface area (Å²) in [7, 11) is 4.01. The molecule has 3 aromatic rings. The molecular formula is C20H22Cl2FN3OS. The molecule has 3 rings (SSSR count). The minimum Gasteiger partial charge on any atom is -0.309 e. The molecule has 150 valence electrons. The summed E-state index contributed by atoms with van der Waals surface area (Å²) < 4.78 is 14.1. The fourth-order valence-electron chi connectivity index (χ4n) is 2.75. The summed E-state index contributed by atoms with van der Waals surface area (Å²) in [6.45, 7) is 1.45. The molecule has 0 N–H and O–H groups in total. The van der Waals surface area contributed by atoms with Crippen LogP contribution in [0.4, 0.5) is 9.52 Å². The van der Waals surface area contributed by atoms with Gasteiger partial charge in [-0.3, -0.25) is 9.69 Å². The van der Waals surface area contributed by atoms with E-state index < -0.39 is 0 Å². The first-order chi connectivity index (χ1) is 12.9. The lowest BCUT2D eigenvalue weighted by Gasteiger charge is -2.21. The number of carbonyl (C=O) groups excluding carboxylic acids is 1. The molecule has 0 spiro atoms. The normalized spacial score (nSPS) is 10.9. The van der Waals surface area contributed by atoms with Gasteiger partial charge in [0, 0.05) is 11.6 Å². The molecule has 0 aliphatic heterocycles. The van der Waals surface area contributed by atoms with Gasteiger partial charge in [0.2, 0.25) is 5.91 Å². The van der Waals surface area contributed by atoms with Crippen LogP contribution in [-0.2, 0) is 11.2 Å². The number of benzene rings is 2. The van der Waals surface area contributed by atoms with Gasteiger partial charge >= 0.3 is 0 Å². The molecule has 1 aromatic heterocycles. The second-order valence-electron chi connectivity index (χ2n) is 6.61. The first-order valence-corrected chi connectivity index (χ1v) is 9.87. The van der Waals surface area contributed by atoms with Gasteiger partial charge in [-0.2, -0.15) is 0 Å². The van der Waals surface area contributed by atoms with Gasteiger partial charge in [0.1, 0.15) is 5.82 Å². The van der Waals surface area contributed by atoms with E-state index in [1.54, 1.807) is 23.1 Å². The van der Waals surface area contributed by atoms with Crippen LogP contribution in [0.25, 0.3) is 10.2 Å². The van der Waals surface area contributed by atoms with Crippen LogP contribution in [0.3, 0.4) is 0 Å². The summed E-state index contributed by atoms with van der Waals surface area (Å²) in [5, 5.41) is 1.31. The number of hydrogen-bond donors (Lipinski definition) is 0. The summed E-state index contributed by atoms with van der Waals surface area (Å²) >= 11 is 7.53. The molecule has 0 bridgehead atoms. The van der Waals surface area contributed by atoms with E-state index in [0.717, 1.165) is 28.7 Å². The van der Waals surface area contributed by atoms with E-state index in [2.05, 4.69) is 9.88 Å². The molecular weight excluding hydrogens is 420 g/mol. The fourth-order valence-corrected chi connectivity index (χ4v) is 4.03. The van der Waals surface area contributed by atoms with Crippen LogP contribution in [0.5, 0.6) is 0 Å². The van der Waals surface area contributed by atoms with E-state index in [1.165, 1.54) is 23.5 Å². The third-order valence-electron chi connectivity index (χ3n) is 4.13. The highest BCUT2D eigenvalue weighted by Crippen LogP contribution is 2.31. The van der Waals surface area contributed by atoms with Crippen molar-refractivity contribution in [3.63, 3.8) is 0 Å². The third-order valence-corrected chi connectivity index (χ3v) is 5.40. The van der Waals surface area contributed by atoms with Gasteiger partial charge in [-0.25, -0.2) is 9.37 Å². The summed E-state index contributed by atoms with van der Waals surface area (Å²) in [4.78, 5) is 21.4. The maximum Gasteiger partial charge on any atom is 0.233 e. The number of fused-ring (bicyclic) bond motifs is 1. The Hall–Kier alpha value is -1.73. The number of thiazole rings is 1. The molecule has 4 nitrogen and oxygen atoms in total. The molecule has 0 unspecified atom stereocenters. The average molecular weight is 442 g/mol. The number of anilines is 1. The minimum atomic E-state index is -0.308. The highest BCUT2D eigenvalue weighted by Gasteiger charge is 2.20. The first-order valence-electron chi connectivity index (χ1n) is 8.68. The molecule has 0 aliphatic carbocycles. The van der Waals surface area contributed by atoms with Crippen molar-refractivity contribution in [2.24, 2.45) is 0 Å². The Morgan fingerprint density at radius 3 is 2.54 bits per heavy atom. The second kappa shape index (κ2) is 10.2. The number of amides is 1. The number of aromatic nitrogens is 1. The van der Waals surface area contributed by atoms with Crippen LogP contribution in [0, 0.1) is 5.82 Å². The first kappa shape index (κ1) is 22.6. The Labute approximate surface area is 179 Å². The number of rotatable bonds is 7. The number of halogens is 3. The topological polar surface area (TPSA) is 36.4 Å². The van der Waals surface area contributed by atoms with Crippen molar-refractivity contribution in [1.29, 1.82) is 0 Å². The van der Waals surface area contributed by atoms with E-state index in [1.807, 2.05) is 26.2 Å². The van der Waals surface area contributed by atoms with Gasteiger partial charge in [-0.05, 0) is 63.0 Å². The fraction of sp³-hybridized carbons (Fsp3) is 0.300. The second-order valence-corrected chi connectivity index (χ2v) is 8.06. The van der Waals surface area contributed by atoms with Crippen molar-refractivity contribution in [3.05, 3.63) is 58.9 Å². The molecule has 28 heavy (non-hydrogen) atoms. The Bertz CT molecular complexity index is 931. The zero-order valence-electron chi connectivity index (χ0n) is 15.7. The highest BCUT2D eigenvalue weighted by molar-refractivity contribution is 7.22. The number of carbonyl (C=O) groups is 1. The SMILES string of the molecule is CN(C)CCCN(C(=O)Cc1ccc(F)cc1)c1nc2ccc(Cl)cc2s1.Cl. The summed E-state index contributed by atoms with van der Waals surface area (Å²) in [5.41, 5.74) is 1.61. The van der Waals surface area contributed by atoms with E-state index in [-0.39, 0.29) is 30.6 Å². The Morgan fingerprint density at radius 1 is 1.14 bits per heavy atom. The Morgan fingerprint density at radius 2 is 1.86 bits per heavy atom. The van der Waals surface area contributed by atoms with Crippen molar-refractivity contribution in [3.8, 4) is 0 Å². The number of nitrogens with zero attached hydrogens (tertiary/aromatic N) is 3. The Balaban J connectivity index is 0.00000280. The van der Waals surface area contributed by atoms with Crippen molar-refractivity contribution < 1.29 is 9.18 Å². The van der Waals surface area contributed by atoms with Gasteiger partial charge in [0.25, 0.3) is 0 Å². The van der Waals surface area contributed by atoms with Crippen LogP contribution < -0.4 is 4.90 Å². The summed E-state index contributed by atoms with van der Waals surface area (Å²) in [6.07, 6.45) is 1.04. The largest absolute Gasteiger partial charge is 0.309 e. The molecule has 0 radical (unpaired) electrons. The predicted molar refractivity (Wildman–Crippen MR) is 118 cm³/mol. The van der Waals surface area contributed by atoms with Crippen molar-refractivity contribution in [2.75, 3.05) is 32.1 Å². The van der Waals surface area contributed by atoms with Gasteiger partial charge < -0.3 is 4.90 Å². The van der Waals surface area contributed by atoms with E-state index in [0.29, 0.717) is 16.7 Å². The van der Waals surface area contributed by atoms with Crippen LogP contribution in [0.15, 0.2) is 42.5 Å². The Kier molecular flexibility index (Phi) is 8.19. The standard InChI is InChI=1S/C20H21ClFN3OS.ClH/c1-24(2)10-3-11-25(19(26)12-14-4-7-16(22)8-5-14)20-23-17-9-6-15(21)13-18(17)27-20;/h4-9,13H,3,10-12H2,1-2H3;1H. The van der Waals surface area contributed by atoms with E-state index in [9.17, 15) is 9.18 Å². The third kappa shape index (κ3) is 5.88. The molecule has 0 aliphatic rings. The van der Waals surface area contributed by atoms with Gasteiger partial charge in [0.15, 0.2) is 5.13 Å². The lowest BCUT2D eigenvalue weighted by molar-refractivity contribution is -0.118. The zero-order chi connectivity index (χ0) is 19.4. The maximum absolute atomic E-state index is 13.1. The lowest BCUT2D eigenvalue weighted by Crippen LogP contribution is -2.34. The van der Waals surface area contributed by atoms with Gasteiger partial charge in [-0.15, -0.1) is 12.4 Å². The minimum absolute atomic E-state index is 0. The van der Waals surface area contributed by atoms with Gasteiger partial charge in [0.05, 0.1) is 16.6 Å². The average Bonchev–Trinajstić information content (AvgIpc) is 3.03. The molecule has 8 heteroatoms. The quantitative estimate of drug-likeness (QED) is 0.515. The summed E-state index contributed by atoms with van der Waals surface area (Å²) in [6, 6.07) is 11.6. The number of hydrogen-bond acceptors (Lipinski definition) is 4.